The minimum absolute atomic E-state index is 0.0110. The van der Waals surface area contributed by atoms with Crippen LogP contribution < -0.4 is 4.74 Å². The van der Waals surface area contributed by atoms with Crippen molar-refractivity contribution in [2.24, 2.45) is 0 Å². The largest absolute Gasteiger partial charge is 0.490 e. The van der Waals surface area contributed by atoms with Crippen LogP contribution in [-0.2, 0) is 6.54 Å². The van der Waals surface area contributed by atoms with E-state index in [1.54, 1.807) is 12.1 Å². The number of rotatable bonds is 4. The minimum atomic E-state index is -0.433. The van der Waals surface area contributed by atoms with E-state index in [1.807, 2.05) is 25.1 Å². The highest BCUT2D eigenvalue weighted by molar-refractivity contribution is 5.48. The summed E-state index contributed by atoms with van der Waals surface area (Å²) in [7, 11) is 5.25. The zero-order chi connectivity index (χ0) is 11.4. The van der Waals surface area contributed by atoms with Crippen LogP contribution >= 0.6 is 0 Å². The average Bonchev–Trinajstić information content (AvgIpc) is 2.16. The Labute approximate surface area is 88.4 Å². The van der Waals surface area contributed by atoms with Gasteiger partial charge < -0.3 is 9.64 Å². The molecule has 5 heteroatoms. The molecule has 15 heavy (non-hydrogen) atoms. The number of hydrogen-bond acceptors (Lipinski definition) is 4. The summed E-state index contributed by atoms with van der Waals surface area (Å²) in [6.07, 6.45) is 0. The lowest BCUT2D eigenvalue weighted by Gasteiger charge is -2.10. The summed E-state index contributed by atoms with van der Waals surface area (Å²) in [4.78, 5) is 12.2. The van der Waals surface area contributed by atoms with E-state index in [2.05, 4.69) is 0 Å². The fourth-order valence-corrected chi connectivity index (χ4v) is 1.34. The minimum Gasteiger partial charge on any atom is -0.490 e. The van der Waals surface area contributed by atoms with Crippen molar-refractivity contribution in [1.82, 2.24) is 4.90 Å². The van der Waals surface area contributed by atoms with E-state index in [0.717, 1.165) is 5.56 Å². The van der Waals surface area contributed by atoms with Crippen molar-refractivity contribution in [3.8, 4) is 5.75 Å². The molecule has 82 valence electrons. The van der Waals surface area contributed by atoms with Gasteiger partial charge in [0.25, 0.3) is 0 Å². The molecule has 0 N–H and O–H groups in total. The van der Waals surface area contributed by atoms with Gasteiger partial charge in [-0.3, -0.25) is 10.1 Å². The van der Waals surface area contributed by atoms with E-state index in [4.69, 9.17) is 4.74 Å². The first kappa shape index (κ1) is 11.5. The van der Waals surface area contributed by atoms with Crippen molar-refractivity contribution < 1.29 is 9.66 Å². The van der Waals surface area contributed by atoms with Crippen LogP contribution in [0.5, 0.6) is 5.75 Å². The summed E-state index contributed by atoms with van der Waals surface area (Å²) < 4.78 is 4.91. The van der Waals surface area contributed by atoms with Gasteiger partial charge in [-0.15, -0.1) is 0 Å². The lowest BCUT2D eigenvalue weighted by molar-refractivity contribution is -0.385. The lowest BCUT2D eigenvalue weighted by atomic mass is 10.2. The van der Waals surface area contributed by atoms with E-state index < -0.39 is 4.92 Å². The zero-order valence-electron chi connectivity index (χ0n) is 9.06. The molecule has 1 aromatic rings. The first-order chi connectivity index (χ1) is 7.04. The molecule has 0 saturated heterocycles. The molecule has 0 unspecified atom stereocenters. The first-order valence-corrected chi connectivity index (χ1v) is 4.50. The molecule has 0 bridgehead atoms. The van der Waals surface area contributed by atoms with Crippen LogP contribution in [0.1, 0.15) is 5.56 Å². The molecule has 0 aliphatic heterocycles. The van der Waals surface area contributed by atoms with Crippen LogP contribution in [0.2, 0.25) is 0 Å². The van der Waals surface area contributed by atoms with Gasteiger partial charge in [-0.2, -0.15) is 0 Å². The van der Waals surface area contributed by atoms with Gasteiger partial charge in [0.2, 0.25) is 0 Å². The molecule has 5 nitrogen and oxygen atoms in total. The second-order valence-corrected chi connectivity index (χ2v) is 3.50. The second-order valence-electron chi connectivity index (χ2n) is 3.50. The van der Waals surface area contributed by atoms with Crippen molar-refractivity contribution in [2.45, 2.75) is 6.54 Å². The van der Waals surface area contributed by atoms with E-state index in [0.29, 0.717) is 12.3 Å². The Morgan fingerprint density at radius 3 is 2.60 bits per heavy atom. The van der Waals surface area contributed by atoms with E-state index in [-0.39, 0.29) is 5.69 Å². The second kappa shape index (κ2) is 4.75. The molecule has 0 heterocycles. The number of nitro benzene ring substituents is 1. The summed E-state index contributed by atoms with van der Waals surface area (Å²) in [6.45, 7) is 0.671. The summed E-state index contributed by atoms with van der Waals surface area (Å²) >= 11 is 0. The summed E-state index contributed by atoms with van der Waals surface area (Å²) in [5, 5.41) is 10.7. The van der Waals surface area contributed by atoms with Crippen molar-refractivity contribution in [1.29, 1.82) is 0 Å². The van der Waals surface area contributed by atoms with E-state index in [9.17, 15) is 10.1 Å². The fraction of sp³-hybridized carbons (Fsp3) is 0.400. The standard InChI is InChI=1S/C10H14N2O3/c1-11(2)7-8-4-5-10(15-3)9(6-8)12(13)14/h4-6H,7H2,1-3H3. The maximum atomic E-state index is 10.7. The topological polar surface area (TPSA) is 55.6 Å². The Kier molecular flexibility index (Phi) is 3.62. The predicted molar refractivity (Wildman–Crippen MR) is 57.0 cm³/mol. The third-order valence-electron chi connectivity index (χ3n) is 1.94. The normalized spacial score (nSPS) is 10.4. The average molecular weight is 210 g/mol. The zero-order valence-corrected chi connectivity index (χ0v) is 9.06. The molecular weight excluding hydrogens is 196 g/mol. The molecular formula is C10H14N2O3. The van der Waals surface area contributed by atoms with E-state index >= 15 is 0 Å². The Hall–Kier alpha value is -1.62. The van der Waals surface area contributed by atoms with Crippen LogP contribution in [0.15, 0.2) is 18.2 Å². The monoisotopic (exact) mass is 210 g/mol. The van der Waals surface area contributed by atoms with Crippen molar-refractivity contribution in [3.05, 3.63) is 33.9 Å². The molecule has 0 aliphatic rings. The number of methoxy groups -OCH3 is 1. The molecule has 0 spiro atoms. The summed E-state index contributed by atoms with van der Waals surface area (Å²) in [5.41, 5.74) is 0.907. The molecule has 1 aromatic carbocycles. The van der Waals surface area contributed by atoms with E-state index in [1.165, 1.54) is 7.11 Å². The number of benzene rings is 1. The highest BCUT2D eigenvalue weighted by atomic mass is 16.6. The lowest BCUT2D eigenvalue weighted by Crippen LogP contribution is -2.10. The summed E-state index contributed by atoms with van der Waals surface area (Å²) in [5.74, 6) is 0.294. The van der Waals surface area contributed by atoms with Crippen LogP contribution in [0.3, 0.4) is 0 Å². The number of hydrogen-bond donors (Lipinski definition) is 0. The van der Waals surface area contributed by atoms with Crippen molar-refractivity contribution in [2.75, 3.05) is 21.2 Å². The Morgan fingerprint density at radius 1 is 1.47 bits per heavy atom. The molecule has 1 rings (SSSR count). The molecule has 0 radical (unpaired) electrons. The molecule has 0 fully saturated rings. The Balaban J connectivity index is 3.05. The van der Waals surface area contributed by atoms with Gasteiger partial charge in [0.05, 0.1) is 12.0 Å². The summed E-state index contributed by atoms with van der Waals surface area (Å²) in [6, 6.07) is 4.99. The van der Waals surface area contributed by atoms with Crippen molar-refractivity contribution in [3.63, 3.8) is 0 Å². The molecule has 0 saturated carbocycles. The van der Waals surface area contributed by atoms with Gasteiger partial charge in [-0.1, -0.05) is 6.07 Å². The van der Waals surface area contributed by atoms with Gasteiger partial charge >= 0.3 is 5.69 Å². The van der Waals surface area contributed by atoms with Gasteiger partial charge in [0.15, 0.2) is 5.75 Å². The molecule has 0 aliphatic carbocycles. The third-order valence-corrected chi connectivity index (χ3v) is 1.94. The predicted octanol–water partition coefficient (Wildman–Crippen LogP) is 1.66. The highest BCUT2D eigenvalue weighted by Crippen LogP contribution is 2.27. The highest BCUT2D eigenvalue weighted by Gasteiger charge is 2.14. The molecule has 0 amide bonds. The van der Waals surface area contributed by atoms with Crippen LogP contribution in [0.4, 0.5) is 5.69 Å². The van der Waals surface area contributed by atoms with Gasteiger partial charge in [0.1, 0.15) is 0 Å². The maximum absolute atomic E-state index is 10.7. The Bertz CT molecular complexity index is 364. The maximum Gasteiger partial charge on any atom is 0.311 e. The van der Waals surface area contributed by atoms with Gasteiger partial charge in [-0.05, 0) is 25.7 Å². The quantitative estimate of drug-likeness (QED) is 0.560. The third kappa shape index (κ3) is 2.92. The number of nitrogens with zero attached hydrogens (tertiary/aromatic N) is 2. The van der Waals surface area contributed by atoms with Gasteiger partial charge in [0, 0.05) is 12.6 Å². The molecule has 0 atom stereocenters. The van der Waals surface area contributed by atoms with Crippen LogP contribution in [0.25, 0.3) is 0 Å². The van der Waals surface area contributed by atoms with Crippen LogP contribution in [0, 0.1) is 10.1 Å². The van der Waals surface area contributed by atoms with Crippen LogP contribution in [-0.4, -0.2) is 31.0 Å². The number of nitro groups is 1. The number of ether oxygens (including phenoxy) is 1. The SMILES string of the molecule is COc1ccc(CN(C)C)cc1[N+](=O)[O-]. The molecule has 0 aromatic heterocycles. The fourth-order valence-electron chi connectivity index (χ4n) is 1.34. The van der Waals surface area contributed by atoms with Gasteiger partial charge in [-0.25, -0.2) is 0 Å². The first-order valence-electron chi connectivity index (χ1n) is 4.50. The smallest absolute Gasteiger partial charge is 0.311 e. The van der Waals surface area contributed by atoms with Crippen molar-refractivity contribution >= 4 is 5.69 Å². The Morgan fingerprint density at radius 2 is 2.13 bits per heavy atom.